The second-order valence-corrected chi connectivity index (χ2v) is 5.15. The van der Waals surface area contributed by atoms with Gasteiger partial charge in [-0.3, -0.25) is 0 Å². The molecule has 0 spiro atoms. The Balaban J connectivity index is 2.03. The number of para-hydroxylation sites is 1. The summed E-state index contributed by atoms with van der Waals surface area (Å²) in [6.45, 7) is 7.74. The number of fused-ring (bicyclic) bond motifs is 1. The smallest absolute Gasteiger partial charge is 0.117 e. The zero-order chi connectivity index (χ0) is 12.8. The fraction of sp³-hybridized carbons (Fsp3) is 0.429. The van der Waals surface area contributed by atoms with Crippen LogP contribution in [0.25, 0.3) is 10.9 Å². The van der Waals surface area contributed by atoms with Crippen molar-refractivity contribution >= 4 is 22.7 Å². The van der Waals surface area contributed by atoms with Crippen LogP contribution in [0.15, 0.2) is 35.6 Å². The highest BCUT2D eigenvalue weighted by molar-refractivity contribution is 7.99. The average molecular weight is 261 g/mol. The van der Waals surface area contributed by atoms with E-state index in [1.165, 1.54) is 0 Å². The minimum Gasteiger partial charge on any atom is -0.303 e. The van der Waals surface area contributed by atoms with Gasteiger partial charge in [-0.05, 0) is 19.2 Å². The predicted octanol–water partition coefficient (Wildman–Crippen LogP) is 3.06. The van der Waals surface area contributed by atoms with Gasteiger partial charge in [0.25, 0.3) is 0 Å². The summed E-state index contributed by atoms with van der Waals surface area (Å²) < 4.78 is 0. The molecule has 1 aromatic carbocycles. The van der Waals surface area contributed by atoms with Crippen LogP contribution in [0.2, 0.25) is 0 Å². The van der Waals surface area contributed by atoms with Gasteiger partial charge in [-0.25, -0.2) is 9.97 Å². The Labute approximate surface area is 113 Å². The summed E-state index contributed by atoms with van der Waals surface area (Å²) in [5.74, 6) is 1.07. The van der Waals surface area contributed by atoms with Crippen LogP contribution >= 0.6 is 11.8 Å². The third-order valence-corrected chi connectivity index (χ3v) is 4.03. The van der Waals surface area contributed by atoms with Crippen molar-refractivity contribution in [3.8, 4) is 0 Å². The fourth-order valence-electron chi connectivity index (χ4n) is 1.91. The van der Waals surface area contributed by atoms with Crippen molar-refractivity contribution in [2.45, 2.75) is 18.9 Å². The van der Waals surface area contributed by atoms with Crippen molar-refractivity contribution in [3.05, 3.63) is 30.6 Å². The van der Waals surface area contributed by atoms with Gasteiger partial charge < -0.3 is 4.90 Å². The highest BCUT2D eigenvalue weighted by Crippen LogP contribution is 2.23. The molecule has 1 heterocycles. The monoisotopic (exact) mass is 261 g/mol. The molecule has 0 atom stereocenters. The van der Waals surface area contributed by atoms with Gasteiger partial charge in [-0.2, -0.15) is 0 Å². The van der Waals surface area contributed by atoms with E-state index < -0.39 is 0 Å². The molecule has 0 N–H and O–H groups in total. The quantitative estimate of drug-likeness (QED) is 0.590. The van der Waals surface area contributed by atoms with E-state index in [-0.39, 0.29) is 0 Å². The summed E-state index contributed by atoms with van der Waals surface area (Å²) in [5.41, 5.74) is 1.03. The highest BCUT2D eigenvalue weighted by Gasteiger charge is 2.04. The van der Waals surface area contributed by atoms with Crippen LogP contribution in [0, 0.1) is 0 Å². The molecule has 0 aliphatic heterocycles. The molecule has 2 rings (SSSR count). The van der Waals surface area contributed by atoms with E-state index in [4.69, 9.17) is 0 Å². The lowest BCUT2D eigenvalue weighted by atomic mass is 10.2. The normalized spacial score (nSPS) is 11.3. The molecular formula is C14H19N3S. The second-order valence-electron chi connectivity index (χ2n) is 4.07. The molecule has 1 aromatic heterocycles. The Morgan fingerprint density at radius 1 is 1.11 bits per heavy atom. The van der Waals surface area contributed by atoms with Gasteiger partial charge in [0, 0.05) is 17.7 Å². The first kappa shape index (κ1) is 13.3. The third-order valence-electron chi connectivity index (χ3n) is 3.05. The lowest BCUT2D eigenvalue weighted by Gasteiger charge is -2.17. The van der Waals surface area contributed by atoms with Gasteiger partial charge in [0.15, 0.2) is 0 Å². The maximum Gasteiger partial charge on any atom is 0.117 e. The number of rotatable bonds is 6. The molecule has 0 saturated heterocycles. The average Bonchev–Trinajstić information content (AvgIpc) is 2.44. The van der Waals surface area contributed by atoms with E-state index >= 15 is 0 Å². The number of aromatic nitrogens is 2. The van der Waals surface area contributed by atoms with Crippen LogP contribution in [0.5, 0.6) is 0 Å². The lowest BCUT2D eigenvalue weighted by molar-refractivity contribution is 0.324. The summed E-state index contributed by atoms with van der Waals surface area (Å²) in [6, 6.07) is 8.18. The van der Waals surface area contributed by atoms with E-state index in [9.17, 15) is 0 Å². The van der Waals surface area contributed by atoms with Crippen molar-refractivity contribution in [3.63, 3.8) is 0 Å². The molecule has 2 aromatic rings. The van der Waals surface area contributed by atoms with E-state index in [2.05, 4.69) is 34.8 Å². The van der Waals surface area contributed by atoms with Gasteiger partial charge in [-0.1, -0.05) is 32.0 Å². The van der Waals surface area contributed by atoms with Crippen molar-refractivity contribution in [2.24, 2.45) is 0 Å². The largest absolute Gasteiger partial charge is 0.303 e. The second kappa shape index (κ2) is 6.71. The molecule has 0 amide bonds. The van der Waals surface area contributed by atoms with Crippen molar-refractivity contribution in [2.75, 3.05) is 25.4 Å². The maximum atomic E-state index is 4.39. The fourth-order valence-corrected chi connectivity index (χ4v) is 2.90. The van der Waals surface area contributed by atoms with E-state index in [1.807, 2.05) is 30.0 Å². The van der Waals surface area contributed by atoms with Crippen LogP contribution in [0.3, 0.4) is 0 Å². The van der Waals surface area contributed by atoms with Gasteiger partial charge >= 0.3 is 0 Å². The topological polar surface area (TPSA) is 29.0 Å². The minimum atomic E-state index is 1.03. The van der Waals surface area contributed by atoms with Crippen LogP contribution < -0.4 is 0 Å². The van der Waals surface area contributed by atoms with Crippen LogP contribution in [0.4, 0.5) is 0 Å². The lowest BCUT2D eigenvalue weighted by Crippen LogP contribution is -2.25. The number of hydrogen-bond acceptors (Lipinski definition) is 4. The molecule has 0 aliphatic carbocycles. The molecule has 18 heavy (non-hydrogen) atoms. The number of thioether (sulfide) groups is 1. The Kier molecular flexibility index (Phi) is 4.96. The Bertz CT molecular complexity index is 492. The molecule has 0 unspecified atom stereocenters. The predicted molar refractivity (Wildman–Crippen MR) is 78.1 cm³/mol. The van der Waals surface area contributed by atoms with Gasteiger partial charge in [-0.15, -0.1) is 11.8 Å². The summed E-state index contributed by atoms with van der Waals surface area (Å²) >= 11 is 1.82. The molecule has 0 saturated carbocycles. The molecule has 0 aliphatic rings. The van der Waals surface area contributed by atoms with Crippen LogP contribution in [-0.4, -0.2) is 40.3 Å². The van der Waals surface area contributed by atoms with Crippen LogP contribution in [-0.2, 0) is 0 Å². The maximum absolute atomic E-state index is 4.39. The third kappa shape index (κ3) is 3.21. The van der Waals surface area contributed by atoms with E-state index in [1.54, 1.807) is 6.33 Å². The first-order valence-electron chi connectivity index (χ1n) is 6.40. The van der Waals surface area contributed by atoms with E-state index in [0.717, 1.165) is 41.3 Å². The van der Waals surface area contributed by atoms with E-state index in [0.29, 0.717) is 0 Å². The van der Waals surface area contributed by atoms with Crippen LogP contribution in [0.1, 0.15) is 13.8 Å². The first-order valence-corrected chi connectivity index (χ1v) is 7.38. The summed E-state index contributed by atoms with van der Waals surface area (Å²) in [5, 5.41) is 2.25. The first-order chi connectivity index (χ1) is 8.85. The summed E-state index contributed by atoms with van der Waals surface area (Å²) in [6.07, 6.45) is 1.65. The zero-order valence-electron chi connectivity index (χ0n) is 11.0. The molecular weight excluding hydrogens is 242 g/mol. The van der Waals surface area contributed by atoms with Gasteiger partial charge in [0.2, 0.25) is 0 Å². The summed E-state index contributed by atoms with van der Waals surface area (Å²) in [4.78, 5) is 11.1. The number of benzene rings is 1. The Morgan fingerprint density at radius 3 is 2.67 bits per heavy atom. The van der Waals surface area contributed by atoms with Crippen molar-refractivity contribution in [1.82, 2.24) is 14.9 Å². The van der Waals surface area contributed by atoms with Gasteiger partial charge in [0.05, 0.1) is 5.52 Å². The zero-order valence-corrected chi connectivity index (χ0v) is 11.8. The molecule has 0 bridgehead atoms. The number of nitrogens with zero attached hydrogens (tertiary/aromatic N) is 3. The van der Waals surface area contributed by atoms with Crippen molar-refractivity contribution < 1.29 is 0 Å². The Hall–Kier alpha value is -1.13. The molecule has 96 valence electrons. The molecule has 3 nitrogen and oxygen atoms in total. The molecule has 0 fully saturated rings. The number of hydrogen-bond donors (Lipinski definition) is 0. The highest BCUT2D eigenvalue weighted by atomic mass is 32.2. The Morgan fingerprint density at radius 2 is 1.89 bits per heavy atom. The SMILES string of the molecule is CCN(CC)CCSc1ncnc2ccccc12. The minimum absolute atomic E-state index is 1.03. The van der Waals surface area contributed by atoms with Gasteiger partial charge in [0.1, 0.15) is 11.4 Å². The molecule has 0 radical (unpaired) electrons. The summed E-state index contributed by atoms with van der Waals surface area (Å²) in [7, 11) is 0. The standard InChI is InChI=1S/C14H19N3S/c1-3-17(4-2)9-10-18-14-12-7-5-6-8-13(12)15-11-16-14/h5-8,11H,3-4,9-10H2,1-2H3. The molecule has 4 heteroatoms. The van der Waals surface area contributed by atoms with Crippen molar-refractivity contribution in [1.29, 1.82) is 0 Å².